The first kappa shape index (κ1) is 16.2. The number of amides is 2. The zero-order valence-corrected chi connectivity index (χ0v) is 12.5. The molecule has 0 saturated carbocycles. The Morgan fingerprint density at radius 3 is 2.30 bits per heavy atom. The molecule has 2 aromatic carbocycles. The predicted molar refractivity (Wildman–Crippen MR) is 85.3 cm³/mol. The third-order valence-electron chi connectivity index (χ3n) is 3.12. The fraction of sp³-hybridized carbons (Fsp3) is 0.118. The number of carboxylic acids is 1. The Kier molecular flexibility index (Phi) is 5.09. The fourth-order valence-electron chi connectivity index (χ4n) is 1.93. The highest BCUT2D eigenvalue weighted by Gasteiger charge is 2.08. The summed E-state index contributed by atoms with van der Waals surface area (Å²) in [6.45, 7) is 1.84. The Balaban J connectivity index is 2.04. The van der Waals surface area contributed by atoms with Crippen molar-refractivity contribution < 1.29 is 19.5 Å². The van der Waals surface area contributed by atoms with E-state index in [1.165, 1.54) is 19.1 Å². The molecule has 0 fully saturated rings. The SMILES string of the molecule is CC(=O)NCc1ccc(C(=O)Nc2cccc(C(=O)O)c2)cc1. The van der Waals surface area contributed by atoms with Crippen LogP contribution < -0.4 is 10.6 Å². The maximum atomic E-state index is 12.1. The van der Waals surface area contributed by atoms with Gasteiger partial charge in [-0.05, 0) is 35.9 Å². The number of aromatic carboxylic acids is 1. The lowest BCUT2D eigenvalue weighted by Gasteiger charge is -2.07. The van der Waals surface area contributed by atoms with Gasteiger partial charge in [0.25, 0.3) is 5.91 Å². The number of carboxylic acid groups (broad SMARTS) is 1. The van der Waals surface area contributed by atoms with E-state index in [1.54, 1.807) is 36.4 Å². The van der Waals surface area contributed by atoms with Gasteiger partial charge >= 0.3 is 5.97 Å². The second-order valence-corrected chi connectivity index (χ2v) is 4.95. The number of hydrogen-bond donors (Lipinski definition) is 3. The van der Waals surface area contributed by atoms with Crippen LogP contribution in [0.15, 0.2) is 48.5 Å². The molecule has 0 radical (unpaired) electrons. The molecule has 2 amide bonds. The van der Waals surface area contributed by atoms with Crippen molar-refractivity contribution in [1.82, 2.24) is 5.32 Å². The molecule has 0 aliphatic rings. The molecule has 0 aromatic heterocycles. The third kappa shape index (κ3) is 4.67. The van der Waals surface area contributed by atoms with Gasteiger partial charge in [0.05, 0.1) is 5.56 Å². The van der Waals surface area contributed by atoms with E-state index in [0.29, 0.717) is 17.8 Å². The van der Waals surface area contributed by atoms with E-state index >= 15 is 0 Å². The Labute approximate surface area is 133 Å². The molecule has 23 heavy (non-hydrogen) atoms. The average Bonchev–Trinajstić information content (AvgIpc) is 2.53. The van der Waals surface area contributed by atoms with E-state index in [2.05, 4.69) is 10.6 Å². The lowest BCUT2D eigenvalue weighted by atomic mass is 10.1. The molecule has 2 rings (SSSR count). The van der Waals surface area contributed by atoms with Crippen molar-refractivity contribution in [2.45, 2.75) is 13.5 Å². The maximum absolute atomic E-state index is 12.1. The summed E-state index contributed by atoms with van der Waals surface area (Å²) in [6, 6.07) is 12.8. The normalized spacial score (nSPS) is 9.96. The third-order valence-corrected chi connectivity index (χ3v) is 3.12. The van der Waals surface area contributed by atoms with Crippen molar-refractivity contribution >= 4 is 23.5 Å². The fourth-order valence-corrected chi connectivity index (χ4v) is 1.93. The van der Waals surface area contributed by atoms with Crippen molar-refractivity contribution in [1.29, 1.82) is 0 Å². The lowest BCUT2D eigenvalue weighted by molar-refractivity contribution is -0.119. The van der Waals surface area contributed by atoms with Crippen molar-refractivity contribution in [3.8, 4) is 0 Å². The second kappa shape index (κ2) is 7.22. The van der Waals surface area contributed by atoms with Gasteiger partial charge in [0.15, 0.2) is 0 Å². The van der Waals surface area contributed by atoms with Gasteiger partial charge in [0, 0.05) is 24.7 Å². The lowest BCUT2D eigenvalue weighted by Crippen LogP contribution is -2.19. The van der Waals surface area contributed by atoms with Gasteiger partial charge in [-0.15, -0.1) is 0 Å². The second-order valence-electron chi connectivity index (χ2n) is 4.95. The summed E-state index contributed by atoms with van der Waals surface area (Å²) in [5.74, 6) is -1.51. The molecule has 3 N–H and O–H groups in total. The molecular formula is C17H16N2O4. The smallest absolute Gasteiger partial charge is 0.335 e. The first-order valence-electron chi connectivity index (χ1n) is 6.94. The molecule has 0 unspecified atom stereocenters. The summed E-state index contributed by atoms with van der Waals surface area (Å²) in [5, 5.41) is 14.3. The summed E-state index contributed by atoms with van der Waals surface area (Å²) in [7, 11) is 0. The van der Waals surface area contributed by atoms with Gasteiger partial charge in [0.2, 0.25) is 5.91 Å². The quantitative estimate of drug-likeness (QED) is 0.789. The van der Waals surface area contributed by atoms with Crippen LogP contribution in [0.5, 0.6) is 0 Å². The summed E-state index contributed by atoms with van der Waals surface area (Å²) < 4.78 is 0. The first-order chi connectivity index (χ1) is 11.0. The molecule has 118 valence electrons. The number of benzene rings is 2. The molecule has 0 bridgehead atoms. The summed E-state index contributed by atoms with van der Waals surface area (Å²) in [5.41, 5.74) is 1.84. The number of carbonyl (C=O) groups is 3. The van der Waals surface area contributed by atoms with Crippen molar-refractivity contribution in [2.24, 2.45) is 0 Å². The molecule has 0 aliphatic carbocycles. The van der Waals surface area contributed by atoms with Crippen LogP contribution >= 0.6 is 0 Å². The van der Waals surface area contributed by atoms with Crippen LogP contribution in [0.4, 0.5) is 5.69 Å². The highest BCUT2D eigenvalue weighted by Crippen LogP contribution is 2.13. The molecule has 0 aliphatic heterocycles. The number of hydrogen-bond acceptors (Lipinski definition) is 3. The van der Waals surface area contributed by atoms with E-state index < -0.39 is 5.97 Å². The minimum absolute atomic E-state index is 0.105. The van der Waals surface area contributed by atoms with Gasteiger partial charge in [0.1, 0.15) is 0 Å². The van der Waals surface area contributed by atoms with Crippen LogP contribution in [-0.4, -0.2) is 22.9 Å². The Hall–Kier alpha value is -3.15. The van der Waals surface area contributed by atoms with Gasteiger partial charge < -0.3 is 15.7 Å². The number of carbonyl (C=O) groups excluding carboxylic acids is 2. The van der Waals surface area contributed by atoms with Gasteiger partial charge in [-0.3, -0.25) is 9.59 Å². The molecule has 6 nitrogen and oxygen atoms in total. The monoisotopic (exact) mass is 312 g/mol. The van der Waals surface area contributed by atoms with Gasteiger partial charge in [-0.2, -0.15) is 0 Å². The number of anilines is 1. The van der Waals surface area contributed by atoms with Crippen LogP contribution in [0.3, 0.4) is 0 Å². The first-order valence-corrected chi connectivity index (χ1v) is 6.94. The highest BCUT2D eigenvalue weighted by molar-refractivity contribution is 6.04. The van der Waals surface area contributed by atoms with Crippen molar-refractivity contribution in [2.75, 3.05) is 5.32 Å². The van der Waals surface area contributed by atoms with Crippen LogP contribution in [0, 0.1) is 0 Å². The van der Waals surface area contributed by atoms with Crippen LogP contribution in [-0.2, 0) is 11.3 Å². The predicted octanol–water partition coefficient (Wildman–Crippen LogP) is 2.27. The summed E-state index contributed by atoms with van der Waals surface area (Å²) in [4.78, 5) is 33.9. The number of nitrogens with one attached hydrogen (secondary N) is 2. The summed E-state index contributed by atoms with van der Waals surface area (Å²) in [6.07, 6.45) is 0. The van der Waals surface area contributed by atoms with E-state index in [9.17, 15) is 14.4 Å². The molecule has 0 heterocycles. The van der Waals surface area contributed by atoms with Gasteiger partial charge in [-0.1, -0.05) is 18.2 Å². The molecular weight excluding hydrogens is 296 g/mol. The van der Waals surface area contributed by atoms with Crippen molar-refractivity contribution in [3.63, 3.8) is 0 Å². The van der Waals surface area contributed by atoms with E-state index in [4.69, 9.17) is 5.11 Å². The molecule has 0 atom stereocenters. The Bertz CT molecular complexity index is 739. The topological polar surface area (TPSA) is 95.5 Å². The van der Waals surface area contributed by atoms with Crippen LogP contribution in [0.1, 0.15) is 33.2 Å². The average molecular weight is 312 g/mol. The molecule has 0 saturated heterocycles. The van der Waals surface area contributed by atoms with E-state index in [0.717, 1.165) is 5.56 Å². The molecule has 2 aromatic rings. The van der Waals surface area contributed by atoms with Crippen LogP contribution in [0.25, 0.3) is 0 Å². The van der Waals surface area contributed by atoms with Crippen molar-refractivity contribution in [3.05, 3.63) is 65.2 Å². The Morgan fingerprint density at radius 1 is 1.00 bits per heavy atom. The minimum atomic E-state index is -1.05. The zero-order valence-electron chi connectivity index (χ0n) is 12.5. The summed E-state index contributed by atoms with van der Waals surface area (Å²) >= 11 is 0. The molecule has 0 spiro atoms. The maximum Gasteiger partial charge on any atom is 0.335 e. The number of rotatable bonds is 5. The largest absolute Gasteiger partial charge is 0.478 e. The standard InChI is InChI=1S/C17H16N2O4/c1-11(20)18-10-12-5-7-13(8-6-12)16(21)19-15-4-2-3-14(9-15)17(22)23/h2-9H,10H2,1H3,(H,18,20)(H,19,21)(H,22,23). The highest BCUT2D eigenvalue weighted by atomic mass is 16.4. The Morgan fingerprint density at radius 2 is 1.70 bits per heavy atom. The molecule has 6 heteroatoms. The zero-order chi connectivity index (χ0) is 16.8. The van der Waals surface area contributed by atoms with Crippen LogP contribution in [0.2, 0.25) is 0 Å². The van der Waals surface area contributed by atoms with E-state index in [1.807, 2.05) is 0 Å². The van der Waals surface area contributed by atoms with Gasteiger partial charge in [-0.25, -0.2) is 4.79 Å². The van der Waals surface area contributed by atoms with E-state index in [-0.39, 0.29) is 17.4 Å². The minimum Gasteiger partial charge on any atom is -0.478 e.